The van der Waals surface area contributed by atoms with Crippen LogP contribution in [-0.2, 0) is 20.9 Å². The molecule has 1 atom stereocenters. The maximum atomic E-state index is 14.1. The largest absolute Gasteiger partial charge is 0.454 e. The number of rotatable bonds is 8. The van der Waals surface area contributed by atoms with E-state index in [0.717, 1.165) is 4.90 Å². The quantitative estimate of drug-likeness (QED) is 0.306. The van der Waals surface area contributed by atoms with E-state index in [2.05, 4.69) is 10.3 Å². The Labute approximate surface area is 245 Å². The first-order valence-electron chi connectivity index (χ1n) is 13.0. The number of fused-ring (bicyclic) bond motifs is 2. The van der Waals surface area contributed by atoms with E-state index >= 15 is 0 Å². The van der Waals surface area contributed by atoms with Crippen molar-refractivity contribution in [1.29, 1.82) is 0 Å². The van der Waals surface area contributed by atoms with E-state index in [4.69, 9.17) is 21.1 Å². The van der Waals surface area contributed by atoms with Crippen LogP contribution in [-0.4, -0.2) is 46.7 Å². The molecule has 3 heterocycles. The van der Waals surface area contributed by atoms with E-state index in [-0.39, 0.29) is 18.9 Å². The van der Waals surface area contributed by atoms with E-state index in [1.807, 2.05) is 0 Å². The highest BCUT2D eigenvalue weighted by atomic mass is 35.5. The average Bonchev–Trinajstić information content (AvgIpc) is 3.56. The summed E-state index contributed by atoms with van der Waals surface area (Å²) < 4.78 is 10.8. The first kappa shape index (κ1) is 27.0. The number of aromatic nitrogens is 1. The van der Waals surface area contributed by atoms with Gasteiger partial charge >= 0.3 is 0 Å². The summed E-state index contributed by atoms with van der Waals surface area (Å²) in [4.78, 5) is 60.3. The molecule has 0 spiro atoms. The number of carbonyl (C=O) groups is 4. The van der Waals surface area contributed by atoms with Gasteiger partial charge in [0.25, 0.3) is 17.6 Å². The number of halogens is 1. The Morgan fingerprint density at radius 3 is 2.55 bits per heavy atom. The van der Waals surface area contributed by atoms with Crippen LogP contribution in [0, 0.1) is 0 Å². The van der Waals surface area contributed by atoms with Gasteiger partial charge in [-0.25, -0.2) is 0 Å². The summed E-state index contributed by atoms with van der Waals surface area (Å²) >= 11 is 6.15. The van der Waals surface area contributed by atoms with Gasteiger partial charge < -0.3 is 19.7 Å². The predicted molar refractivity (Wildman–Crippen MR) is 153 cm³/mol. The van der Waals surface area contributed by atoms with Gasteiger partial charge in [0, 0.05) is 35.7 Å². The van der Waals surface area contributed by atoms with Crippen LogP contribution in [0.25, 0.3) is 0 Å². The van der Waals surface area contributed by atoms with Crippen LogP contribution in [0.2, 0.25) is 5.02 Å². The Morgan fingerprint density at radius 2 is 1.76 bits per heavy atom. The molecule has 0 saturated carbocycles. The number of hydrogen-bond acceptors (Lipinski definition) is 7. The number of ether oxygens (including phenoxy) is 2. The summed E-state index contributed by atoms with van der Waals surface area (Å²) in [6, 6.07) is 20.4. The van der Waals surface area contributed by atoms with Gasteiger partial charge in [-0.1, -0.05) is 41.9 Å². The minimum Gasteiger partial charge on any atom is -0.454 e. The Bertz CT molecular complexity index is 1700. The third kappa shape index (κ3) is 5.27. The molecule has 42 heavy (non-hydrogen) atoms. The highest BCUT2D eigenvalue weighted by molar-refractivity contribution is 6.52. The van der Waals surface area contributed by atoms with Crippen molar-refractivity contribution in [2.75, 3.05) is 23.6 Å². The van der Waals surface area contributed by atoms with Crippen molar-refractivity contribution in [3.63, 3.8) is 0 Å². The van der Waals surface area contributed by atoms with Crippen LogP contribution in [0.1, 0.15) is 27.5 Å². The third-order valence-electron chi connectivity index (χ3n) is 6.95. The van der Waals surface area contributed by atoms with Crippen LogP contribution < -0.4 is 19.7 Å². The van der Waals surface area contributed by atoms with Gasteiger partial charge in [-0.2, -0.15) is 0 Å². The van der Waals surface area contributed by atoms with Crippen molar-refractivity contribution in [3.8, 4) is 11.5 Å². The summed E-state index contributed by atoms with van der Waals surface area (Å²) in [5.74, 6) is -1.53. The molecule has 0 aliphatic carbocycles. The van der Waals surface area contributed by atoms with E-state index in [1.165, 1.54) is 4.90 Å². The van der Waals surface area contributed by atoms with Crippen molar-refractivity contribution >= 4 is 46.5 Å². The van der Waals surface area contributed by atoms with Crippen LogP contribution in [0.15, 0.2) is 91.3 Å². The zero-order valence-electron chi connectivity index (χ0n) is 22.0. The smallest absolute Gasteiger partial charge is 0.299 e. The second-order valence-corrected chi connectivity index (χ2v) is 10.1. The molecule has 3 amide bonds. The van der Waals surface area contributed by atoms with Crippen molar-refractivity contribution in [3.05, 3.63) is 113 Å². The molecule has 0 unspecified atom stereocenters. The van der Waals surface area contributed by atoms with Crippen molar-refractivity contribution < 1.29 is 28.7 Å². The third-order valence-corrected chi connectivity index (χ3v) is 7.21. The normalized spacial score (nSPS) is 14.0. The number of nitrogens with zero attached hydrogens (tertiary/aromatic N) is 3. The van der Waals surface area contributed by atoms with Gasteiger partial charge in [0.05, 0.1) is 11.3 Å². The van der Waals surface area contributed by atoms with Crippen LogP contribution in [0.4, 0.5) is 11.4 Å². The average molecular weight is 583 g/mol. The molecule has 1 aromatic heterocycles. The molecule has 1 N–H and O–H groups in total. The molecule has 210 valence electrons. The highest BCUT2D eigenvalue weighted by Gasteiger charge is 2.39. The predicted octanol–water partition coefficient (Wildman–Crippen LogP) is 4.40. The number of para-hydroxylation sites is 1. The number of hydrogen-bond donors (Lipinski definition) is 1. The Hall–Kier alpha value is -5.22. The highest BCUT2D eigenvalue weighted by Crippen LogP contribution is 2.35. The summed E-state index contributed by atoms with van der Waals surface area (Å²) in [7, 11) is 0. The second kappa shape index (κ2) is 11.3. The van der Waals surface area contributed by atoms with Gasteiger partial charge in [0.2, 0.25) is 12.7 Å². The molecular formula is C31H23ClN4O6. The lowest BCUT2D eigenvalue weighted by Gasteiger charge is -2.33. The minimum atomic E-state index is -1.15. The van der Waals surface area contributed by atoms with Crippen molar-refractivity contribution in [2.45, 2.75) is 12.6 Å². The molecule has 3 aromatic carbocycles. The zero-order chi connectivity index (χ0) is 29.2. The van der Waals surface area contributed by atoms with Gasteiger partial charge in [-0.3, -0.25) is 29.1 Å². The molecular weight excluding hydrogens is 560 g/mol. The number of amides is 3. The fraction of sp³-hybridized carbons (Fsp3) is 0.129. The van der Waals surface area contributed by atoms with Crippen molar-refractivity contribution in [2.24, 2.45) is 0 Å². The fourth-order valence-corrected chi connectivity index (χ4v) is 5.07. The molecule has 0 radical (unpaired) electrons. The summed E-state index contributed by atoms with van der Waals surface area (Å²) in [5.41, 5.74) is 2.15. The van der Waals surface area contributed by atoms with Gasteiger partial charge in [-0.05, 0) is 53.6 Å². The fourth-order valence-electron chi connectivity index (χ4n) is 4.95. The summed E-state index contributed by atoms with van der Waals surface area (Å²) in [5, 5.41) is 3.33. The molecule has 6 rings (SSSR count). The Kier molecular flexibility index (Phi) is 7.28. The van der Waals surface area contributed by atoms with Crippen LogP contribution in [0.3, 0.4) is 0 Å². The number of pyridine rings is 1. The number of ketones is 1. The topological polar surface area (TPSA) is 118 Å². The molecule has 0 fully saturated rings. The number of benzene rings is 3. The molecule has 2 aliphatic rings. The number of carbonyl (C=O) groups excluding carboxylic acids is 4. The first-order chi connectivity index (χ1) is 20.4. The lowest BCUT2D eigenvalue weighted by molar-refractivity contribution is -0.139. The molecule has 2 aliphatic heterocycles. The molecule has 11 heteroatoms. The van der Waals surface area contributed by atoms with Gasteiger partial charge in [0.1, 0.15) is 12.6 Å². The lowest BCUT2D eigenvalue weighted by Crippen LogP contribution is -2.46. The van der Waals surface area contributed by atoms with E-state index in [9.17, 15) is 19.2 Å². The SMILES string of the molecule is O=C1C(=O)N(CC(=O)N(Cc2cccnc2)[C@H](C(=O)Nc2ccc3c(c2)OCO3)c2ccc(Cl)cc2)c2ccccc21. The minimum absolute atomic E-state index is 0.00779. The molecule has 4 aromatic rings. The molecule has 0 bridgehead atoms. The second-order valence-electron chi connectivity index (χ2n) is 9.63. The lowest BCUT2D eigenvalue weighted by atomic mass is 10.0. The number of Topliss-reactive ketones (excluding diaryl/α,β-unsaturated/α-hetero) is 1. The Balaban J connectivity index is 1.37. The zero-order valence-corrected chi connectivity index (χ0v) is 22.8. The maximum Gasteiger partial charge on any atom is 0.299 e. The first-order valence-corrected chi connectivity index (χ1v) is 13.4. The monoisotopic (exact) mass is 582 g/mol. The van der Waals surface area contributed by atoms with Gasteiger partial charge in [0.15, 0.2) is 11.5 Å². The number of anilines is 2. The standard InChI is InChI=1S/C31H23ClN4O6/c32-21-9-7-20(8-10-21)28(30(39)34-22-11-12-25-26(14-22)42-18-41-25)36(16-19-4-3-13-33-15-19)27(37)17-35-24-6-2-1-5-23(24)29(38)31(35)40/h1-15,28H,16-18H2,(H,34,39)/t28-/m0/s1. The van der Waals surface area contributed by atoms with E-state index in [1.54, 1.807) is 91.3 Å². The molecule has 0 saturated heterocycles. The van der Waals surface area contributed by atoms with Gasteiger partial charge in [-0.15, -0.1) is 0 Å². The van der Waals surface area contributed by atoms with E-state index < -0.39 is 36.1 Å². The van der Waals surface area contributed by atoms with Crippen LogP contribution >= 0.6 is 11.6 Å². The van der Waals surface area contributed by atoms with Crippen LogP contribution in [0.5, 0.6) is 11.5 Å². The number of nitrogens with one attached hydrogen (secondary N) is 1. The maximum absolute atomic E-state index is 14.1. The molecule has 10 nitrogen and oxygen atoms in total. The summed E-state index contributed by atoms with van der Waals surface area (Å²) in [6.45, 7) is -0.385. The van der Waals surface area contributed by atoms with Crippen molar-refractivity contribution in [1.82, 2.24) is 9.88 Å². The summed E-state index contributed by atoms with van der Waals surface area (Å²) in [6.07, 6.45) is 3.19. The Morgan fingerprint density at radius 1 is 0.976 bits per heavy atom. The van der Waals surface area contributed by atoms with E-state index in [0.29, 0.717) is 39.0 Å².